The number of rotatable bonds is 8. The van der Waals surface area contributed by atoms with Crippen LogP contribution >= 0.6 is 11.6 Å². The minimum atomic E-state index is -0.388. The largest absolute Gasteiger partial charge is 0.488 e. The Morgan fingerprint density at radius 2 is 2.10 bits per heavy atom. The molecule has 1 rings (SSSR count). The number of ether oxygens (including phenoxy) is 2. The Labute approximate surface area is 125 Å². The number of hydrogen-bond donors (Lipinski definition) is 0. The molecule has 0 radical (unpaired) electrons. The highest BCUT2D eigenvalue weighted by molar-refractivity contribution is 6.18. The first kappa shape index (κ1) is 16.8. The highest BCUT2D eigenvalue weighted by Crippen LogP contribution is 2.18. The van der Waals surface area contributed by atoms with E-state index in [-0.39, 0.29) is 11.6 Å². The van der Waals surface area contributed by atoms with Gasteiger partial charge in [0.25, 0.3) is 0 Å². The molecule has 0 fully saturated rings. The van der Waals surface area contributed by atoms with Crippen LogP contribution in [-0.2, 0) is 4.74 Å². The van der Waals surface area contributed by atoms with Gasteiger partial charge in [0.15, 0.2) is 11.6 Å². The highest BCUT2D eigenvalue weighted by atomic mass is 35.5. The van der Waals surface area contributed by atoms with E-state index in [1.54, 1.807) is 12.1 Å². The van der Waals surface area contributed by atoms with Gasteiger partial charge in [-0.05, 0) is 24.6 Å². The fourth-order valence-corrected chi connectivity index (χ4v) is 1.56. The second-order valence-electron chi connectivity index (χ2n) is 4.20. The average molecular weight is 299 g/mol. The van der Waals surface area contributed by atoms with Gasteiger partial charge in [-0.15, -0.1) is 11.6 Å². The number of halogens is 2. The molecular formula is C16H20ClFO2. The van der Waals surface area contributed by atoms with Crippen molar-refractivity contribution in [3.05, 3.63) is 29.6 Å². The van der Waals surface area contributed by atoms with Gasteiger partial charge in [-0.25, -0.2) is 4.39 Å². The molecule has 0 amide bonds. The third-order valence-corrected chi connectivity index (χ3v) is 2.70. The molecule has 20 heavy (non-hydrogen) atoms. The Hall–Kier alpha value is -1.24. The SMILES string of the molecule is CCCCOCCOc1cc(C#CCCCl)ccc1F. The van der Waals surface area contributed by atoms with Crippen LogP contribution in [-0.4, -0.2) is 25.7 Å². The molecule has 0 aliphatic rings. The molecule has 0 bridgehead atoms. The molecular weight excluding hydrogens is 279 g/mol. The number of benzene rings is 1. The summed E-state index contributed by atoms with van der Waals surface area (Å²) in [6.45, 7) is 3.61. The van der Waals surface area contributed by atoms with Crippen molar-refractivity contribution in [2.75, 3.05) is 25.7 Å². The maximum absolute atomic E-state index is 13.6. The minimum Gasteiger partial charge on any atom is -0.488 e. The lowest BCUT2D eigenvalue weighted by Gasteiger charge is -2.08. The van der Waals surface area contributed by atoms with Gasteiger partial charge in [-0.3, -0.25) is 0 Å². The normalized spacial score (nSPS) is 9.95. The maximum Gasteiger partial charge on any atom is 0.165 e. The molecule has 0 N–H and O–H groups in total. The van der Waals surface area contributed by atoms with Crippen LogP contribution in [0.2, 0.25) is 0 Å². The molecule has 0 saturated heterocycles. The van der Waals surface area contributed by atoms with Gasteiger partial charge in [0.05, 0.1) is 6.61 Å². The maximum atomic E-state index is 13.6. The van der Waals surface area contributed by atoms with Crippen molar-refractivity contribution in [3.8, 4) is 17.6 Å². The van der Waals surface area contributed by atoms with Crippen LogP contribution in [0.4, 0.5) is 4.39 Å². The third-order valence-electron chi connectivity index (χ3n) is 2.51. The first-order valence-electron chi connectivity index (χ1n) is 6.83. The van der Waals surface area contributed by atoms with Crippen LogP contribution < -0.4 is 4.74 Å². The lowest BCUT2D eigenvalue weighted by Crippen LogP contribution is -2.08. The van der Waals surface area contributed by atoms with Crippen LogP contribution in [0, 0.1) is 17.7 Å². The van der Waals surface area contributed by atoms with Crippen molar-refractivity contribution in [2.45, 2.75) is 26.2 Å². The minimum absolute atomic E-state index is 0.210. The van der Waals surface area contributed by atoms with Crippen molar-refractivity contribution in [3.63, 3.8) is 0 Å². The average Bonchev–Trinajstić information content (AvgIpc) is 2.46. The van der Waals surface area contributed by atoms with Crippen LogP contribution in [0.25, 0.3) is 0 Å². The number of unbranched alkanes of at least 4 members (excludes halogenated alkanes) is 1. The first-order chi connectivity index (χ1) is 9.77. The second kappa shape index (κ2) is 10.5. The summed E-state index contributed by atoms with van der Waals surface area (Å²) in [5.41, 5.74) is 0.721. The van der Waals surface area contributed by atoms with Crippen LogP contribution in [0.15, 0.2) is 18.2 Å². The zero-order chi connectivity index (χ0) is 14.6. The van der Waals surface area contributed by atoms with E-state index in [1.165, 1.54) is 6.07 Å². The zero-order valence-electron chi connectivity index (χ0n) is 11.8. The Bertz CT molecular complexity index is 452. The standard InChI is InChI=1S/C16H20ClFO2/c1-2-3-10-19-11-12-20-16-13-14(6-4-5-9-17)7-8-15(16)18/h7-8,13H,2-3,5,9-12H2,1H3. The smallest absolute Gasteiger partial charge is 0.165 e. The monoisotopic (exact) mass is 298 g/mol. The molecule has 1 aromatic carbocycles. The molecule has 0 aliphatic carbocycles. The summed E-state index contributed by atoms with van der Waals surface area (Å²) < 4.78 is 24.3. The molecule has 0 heterocycles. The lowest BCUT2D eigenvalue weighted by atomic mass is 10.2. The fraction of sp³-hybridized carbons (Fsp3) is 0.500. The van der Waals surface area contributed by atoms with Gasteiger partial charge in [-0.1, -0.05) is 25.2 Å². The predicted molar refractivity (Wildman–Crippen MR) is 79.8 cm³/mol. The fourth-order valence-electron chi connectivity index (χ4n) is 1.46. The third kappa shape index (κ3) is 6.79. The summed E-state index contributed by atoms with van der Waals surface area (Å²) in [6.07, 6.45) is 2.74. The number of hydrogen-bond acceptors (Lipinski definition) is 2. The molecule has 2 nitrogen and oxygen atoms in total. The van der Waals surface area contributed by atoms with Gasteiger partial charge >= 0.3 is 0 Å². The van der Waals surface area contributed by atoms with Gasteiger partial charge in [0.1, 0.15) is 6.61 Å². The van der Waals surface area contributed by atoms with Crippen LogP contribution in [0.5, 0.6) is 5.75 Å². The summed E-state index contributed by atoms with van der Waals surface area (Å²) in [5.74, 6) is 6.14. The summed E-state index contributed by atoms with van der Waals surface area (Å²) in [5, 5.41) is 0. The Morgan fingerprint density at radius 3 is 2.85 bits per heavy atom. The molecule has 0 unspecified atom stereocenters. The van der Waals surface area contributed by atoms with Crippen molar-refractivity contribution in [1.29, 1.82) is 0 Å². The van der Waals surface area contributed by atoms with Crippen molar-refractivity contribution >= 4 is 11.6 Å². The second-order valence-corrected chi connectivity index (χ2v) is 4.58. The van der Waals surface area contributed by atoms with Gasteiger partial charge in [-0.2, -0.15) is 0 Å². The van der Waals surface area contributed by atoms with E-state index in [0.717, 1.165) is 18.4 Å². The van der Waals surface area contributed by atoms with E-state index in [0.29, 0.717) is 32.1 Å². The summed E-state index contributed by atoms with van der Waals surface area (Å²) >= 11 is 5.54. The van der Waals surface area contributed by atoms with E-state index >= 15 is 0 Å². The molecule has 110 valence electrons. The van der Waals surface area contributed by atoms with Crippen molar-refractivity contribution in [2.24, 2.45) is 0 Å². The van der Waals surface area contributed by atoms with E-state index < -0.39 is 0 Å². The Balaban J connectivity index is 2.44. The first-order valence-corrected chi connectivity index (χ1v) is 7.36. The quantitative estimate of drug-likeness (QED) is 0.410. The molecule has 0 aliphatic heterocycles. The molecule has 0 atom stereocenters. The molecule has 0 spiro atoms. The van der Waals surface area contributed by atoms with E-state index in [1.807, 2.05) is 0 Å². The van der Waals surface area contributed by atoms with Gasteiger partial charge in [0.2, 0.25) is 0 Å². The number of alkyl halides is 1. The highest BCUT2D eigenvalue weighted by Gasteiger charge is 2.03. The summed E-state index contributed by atoms with van der Waals surface area (Å²) in [4.78, 5) is 0. The zero-order valence-corrected chi connectivity index (χ0v) is 12.5. The summed E-state index contributed by atoms with van der Waals surface area (Å²) in [6, 6.07) is 4.59. The van der Waals surface area contributed by atoms with Crippen molar-refractivity contribution in [1.82, 2.24) is 0 Å². The van der Waals surface area contributed by atoms with E-state index in [2.05, 4.69) is 18.8 Å². The predicted octanol–water partition coefficient (Wildman–Crippen LogP) is 4.00. The molecule has 1 aromatic rings. The van der Waals surface area contributed by atoms with Crippen LogP contribution in [0.3, 0.4) is 0 Å². The topological polar surface area (TPSA) is 18.5 Å². The lowest BCUT2D eigenvalue weighted by molar-refractivity contribution is 0.0967. The van der Waals surface area contributed by atoms with Crippen molar-refractivity contribution < 1.29 is 13.9 Å². The van der Waals surface area contributed by atoms with Gasteiger partial charge in [0, 0.05) is 24.5 Å². The Kier molecular flexibility index (Phi) is 8.86. The molecule has 4 heteroatoms. The molecule has 0 aromatic heterocycles. The van der Waals surface area contributed by atoms with E-state index in [4.69, 9.17) is 21.1 Å². The van der Waals surface area contributed by atoms with E-state index in [9.17, 15) is 4.39 Å². The van der Waals surface area contributed by atoms with Crippen LogP contribution in [0.1, 0.15) is 31.7 Å². The van der Waals surface area contributed by atoms with Gasteiger partial charge < -0.3 is 9.47 Å². The molecule has 0 saturated carbocycles. The Morgan fingerprint density at radius 1 is 1.25 bits per heavy atom. The summed E-state index contributed by atoms with van der Waals surface area (Å²) in [7, 11) is 0.